The minimum absolute atomic E-state index is 0.0359. The molecule has 0 bridgehead atoms. The number of carbonyl (C=O) groups excluding carboxylic acids is 3. The van der Waals surface area contributed by atoms with Crippen LogP contribution in [-0.4, -0.2) is 64.7 Å². The Morgan fingerprint density at radius 1 is 1.18 bits per heavy atom. The maximum absolute atomic E-state index is 13.6. The Hall–Kier alpha value is -2.42. The van der Waals surface area contributed by atoms with Crippen molar-refractivity contribution in [3.05, 3.63) is 29.3 Å². The van der Waals surface area contributed by atoms with Gasteiger partial charge in [-0.1, -0.05) is 31.5 Å². The number of likely N-dealkylation sites (N-methyl/N-ethyl adjacent to an activating group) is 1. The van der Waals surface area contributed by atoms with Crippen LogP contribution < -0.4 is 10.6 Å². The van der Waals surface area contributed by atoms with Crippen molar-refractivity contribution in [3.8, 4) is 5.75 Å². The fourth-order valence-electron chi connectivity index (χ4n) is 3.57. The second-order valence-electron chi connectivity index (χ2n) is 9.54. The first-order chi connectivity index (χ1) is 15.8. The number of rotatable bonds is 11. The van der Waals surface area contributed by atoms with E-state index < -0.39 is 35.6 Å². The summed E-state index contributed by atoms with van der Waals surface area (Å²) >= 11 is 1.55. The van der Waals surface area contributed by atoms with Gasteiger partial charge in [0.2, 0.25) is 11.8 Å². The molecule has 192 valence electrons. The van der Waals surface area contributed by atoms with Crippen molar-refractivity contribution in [2.75, 3.05) is 19.1 Å². The van der Waals surface area contributed by atoms with Gasteiger partial charge in [0.25, 0.3) is 0 Å². The highest BCUT2D eigenvalue weighted by atomic mass is 32.2. The van der Waals surface area contributed by atoms with Crippen LogP contribution in [0.1, 0.15) is 71.0 Å². The quantitative estimate of drug-likeness (QED) is 0.426. The highest BCUT2D eigenvalue weighted by molar-refractivity contribution is 7.98. The van der Waals surface area contributed by atoms with Crippen LogP contribution in [0.15, 0.2) is 18.2 Å². The van der Waals surface area contributed by atoms with E-state index in [9.17, 15) is 19.5 Å². The van der Waals surface area contributed by atoms with Crippen molar-refractivity contribution in [2.24, 2.45) is 0 Å². The van der Waals surface area contributed by atoms with Crippen LogP contribution in [0.4, 0.5) is 4.79 Å². The molecule has 0 aromatic heterocycles. The van der Waals surface area contributed by atoms with Crippen LogP contribution >= 0.6 is 11.8 Å². The molecule has 0 radical (unpaired) electrons. The fourth-order valence-corrected chi connectivity index (χ4v) is 4.04. The Bertz CT molecular complexity index is 840. The molecule has 9 heteroatoms. The van der Waals surface area contributed by atoms with E-state index in [0.717, 1.165) is 12.8 Å². The number of alkyl carbamates (subject to hydrolysis) is 1. The molecule has 3 amide bonds. The normalized spacial score (nSPS) is 14.0. The summed E-state index contributed by atoms with van der Waals surface area (Å²) in [4.78, 5) is 40.6. The number of ether oxygens (including phenoxy) is 1. The van der Waals surface area contributed by atoms with Crippen LogP contribution in [0, 0.1) is 6.92 Å². The number of hydrogen-bond acceptors (Lipinski definition) is 6. The van der Waals surface area contributed by atoms with E-state index in [0.29, 0.717) is 23.3 Å². The van der Waals surface area contributed by atoms with Gasteiger partial charge in [-0.25, -0.2) is 4.79 Å². The number of amides is 3. The molecule has 0 spiro atoms. The number of nitrogens with zero attached hydrogens (tertiary/aromatic N) is 1. The Labute approximate surface area is 208 Å². The third-order valence-corrected chi connectivity index (χ3v) is 5.90. The number of hydrogen-bond donors (Lipinski definition) is 3. The van der Waals surface area contributed by atoms with Crippen LogP contribution in [0.2, 0.25) is 0 Å². The van der Waals surface area contributed by atoms with Crippen molar-refractivity contribution < 1.29 is 24.2 Å². The second-order valence-corrected chi connectivity index (χ2v) is 10.5. The summed E-state index contributed by atoms with van der Waals surface area (Å²) in [5, 5.41) is 16.3. The number of nitrogens with one attached hydrogen (secondary N) is 2. The third kappa shape index (κ3) is 9.08. The molecule has 3 N–H and O–H groups in total. The first-order valence-corrected chi connectivity index (χ1v) is 13.1. The number of benzene rings is 1. The highest BCUT2D eigenvalue weighted by Gasteiger charge is 2.35. The number of para-hydroxylation sites is 1. The van der Waals surface area contributed by atoms with E-state index in [1.807, 2.05) is 20.1 Å². The van der Waals surface area contributed by atoms with Crippen molar-refractivity contribution >= 4 is 29.7 Å². The van der Waals surface area contributed by atoms with Gasteiger partial charge < -0.3 is 25.4 Å². The van der Waals surface area contributed by atoms with Crippen molar-refractivity contribution in [3.63, 3.8) is 0 Å². The number of aryl methyl sites for hydroxylation is 1. The number of thioether (sulfide) groups is 1. The summed E-state index contributed by atoms with van der Waals surface area (Å²) in [5.74, 6) is -0.242. The molecule has 34 heavy (non-hydrogen) atoms. The lowest BCUT2D eigenvalue weighted by molar-refractivity contribution is -0.141. The number of phenols is 1. The lowest BCUT2D eigenvalue weighted by Gasteiger charge is -2.32. The van der Waals surface area contributed by atoms with Crippen LogP contribution in [0.3, 0.4) is 0 Å². The summed E-state index contributed by atoms with van der Waals surface area (Å²) in [7, 11) is 1.52. The lowest BCUT2D eigenvalue weighted by atomic mass is 9.99. The first-order valence-electron chi connectivity index (χ1n) is 11.7. The van der Waals surface area contributed by atoms with E-state index in [4.69, 9.17) is 4.74 Å². The Morgan fingerprint density at radius 2 is 1.82 bits per heavy atom. The van der Waals surface area contributed by atoms with E-state index in [-0.39, 0.29) is 11.8 Å². The van der Waals surface area contributed by atoms with Gasteiger partial charge in [-0.05, 0) is 65.0 Å². The van der Waals surface area contributed by atoms with E-state index in [1.54, 1.807) is 57.7 Å². The van der Waals surface area contributed by atoms with Gasteiger partial charge in [0.05, 0.1) is 0 Å². The van der Waals surface area contributed by atoms with Crippen LogP contribution in [0.25, 0.3) is 0 Å². The minimum atomic E-state index is -1.07. The average molecular weight is 496 g/mol. The SMILES string of the molecule is CCCC(C)NC(=O)C(c1cccc(C)c1O)N(C)C(=O)C(CCSC)NC(=O)OC(C)(C)C. The molecule has 0 aliphatic carbocycles. The van der Waals surface area contributed by atoms with Gasteiger partial charge in [0.1, 0.15) is 23.4 Å². The number of carbonyl (C=O) groups is 3. The summed E-state index contributed by atoms with van der Waals surface area (Å²) in [6.45, 7) is 10.9. The van der Waals surface area contributed by atoms with Gasteiger partial charge >= 0.3 is 6.09 Å². The van der Waals surface area contributed by atoms with E-state index in [2.05, 4.69) is 10.6 Å². The summed E-state index contributed by atoms with van der Waals surface area (Å²) in [6, 6.07) is 3.07. The number of aromatic hydroxyl groups is 1. The minimum Gasteiger partial charge on any atom is -0.507 e. The van der Waals surface area contributed by atoms with Gasteiger partial charge in [-0.15, -0.1) is 0 Å². The highest BCUT2D eigenvalue weighted by Crippen LogP contribution is 2.31. The van der Waals surface area contributed by atoms with Crippen molar-refractivity contribution in [2.45, 2.75) is 84.5 Å². The molecule has 0 aliphatic rings. The zero-order valence-corrected chi connectivity index (χ0v) is 22.5. The maximum atomic E-state index is 13.6. The zero-order valence-electron chi connectivity index (χ0n) is 21.7. The van der Waals surface area contributed by atoms with Crippen LogP contribution in [0.5, 0.6) is 5.75 Å². The fraction of sp³-hybridized carbons (Fsp3) is 0.640. The molecule has 1 rings (SSSR count). The molecular formula is C25H41N3O5S. The third-order valence-electron chi connectivity index (χ3n) is 5.26. The Kier molecular flexibility index (Phi) is 11.7. The molecule has 3 atom stereocenters. The molecule has 1 aromatic carbocycles. The van der Waals surface area contributed by atoms with Crippen LogP contribution in [-0.2, 0) is 14.3 Å². The van der Waals surface area contributed by atoms with Gasteiger partial charge in [-0.3, -0.25) is 9.59 Å². The monoisotopic (exact) mass is 495 g/mol. The largest absolute Gasteiger partial charge is 0.507 e. The summed E-state index contributed by atoms with van der Waals surface area (Å²) in [5.41, 5.74) is 0.218. The topological polar surface area (TPSA) is 108 Å². The molecule has 8 nitrogen and oxygen atoms in total. The molecule has 0 heterocycles. The lowest BCUT2D eigenvalue weighted by Crippen LogP contribution is -2.52. The van der Waals surface area contributed by atoms with Gasteiger partial charge in [-0.2, -0.15) is 11.8 Å². The second kappa shape index (κ2) is 13.5. The summed E-state index contributed by atoms with van der Waals surface area (Å²) in [6.07, 6.45) is 3.26. The smallest absolute Gasteiger partial charge is 0.408 e. The predicted molar refractivity (Wildman–Crippen MR) is 137 cm³/mol. The number of phenolic OH excluding ortho intramolecular Hbond substituents is 1. The van der Waals surface area contributed by atoms with Gasteiger partial charge in [0, 0.05) is 18.7 Å². The molecule has 0 aliphatic heterocycles. The van der Waals surface area contributed by atoms with Crippen molar-refractivity contribution in [1.29, 1.82) is 0 Å². The van der Waals surface area contributed by atoms with Crippen molar-refractivity contribution in [1.82, 2.24) is 15.5 Å². The average Bonchev–Trinajstić information content (AvgIpc) is 2.72. The zero-order chi connectivity index (χ0) is 26.1. The molecule has 3 unspecified atom stereocenters. The van der Waals surface area contributed by atoms with E-state index >= 15 is 0 Å². The molecule has 0 saturated carbocycles. The molecule has 0 fully saturated rings. The standard InChI is InChI=1S/C25H41N3O5S/c1-9-11-17(3)26-22(30)20(18-13-10-12-16(2)21(18)29)28(7)23(31)19(14-15-34-8)27-24(32)33-25(4,5)6/h10,12-13,17,19-20,29H,9,11,14-15H2,1-8H3,(H,26,30)(H,27,32). The Balaban J connectivity index is 3.31. The first kappa shape index (κ1) is 29.6. The molecular weight excluding hydrogens is 454 g/mol. The molecule has 0 saturated heterocycles. The maximum Gasteiger partial charge on any atom is 0.408 e. The van der Waals surface area contributed by atoms with E-state index in [1.165, 1.54) is 11.9 Å². The predicted octanol–water partition coefficient (Wildman–Crippen LogP) is 4.15. The Morgan fingerprint density at radius 3 is 2.38 bits per heavy atom. The van der Waals surface area contributed by atoms with Gasteiger partial charge in [0.15, 0.2) is 0 Å². The molecule has 1 aromatic rings. The summed E-state index contributed by atoms with van der Waals surface area (Å²) < 4.78 is 5.34.